The molecular weight excluding hydrogens is 276 g/mol. The van der Waals surface area contributed by atoms with Crippen molar-refractivity contribution >= 4 is 16.9 Å². The van der Waals surface area contributed by atoms with Crippen molar-refractivity contribution in [3.05, 3.63) is 23.4 Å². The lowest BCUT2D eigenvalue weighted by Gasteiger charge is -2.13. The molecule has 0 fully saturated rings. The molecule has 1 unspecified atom stereocenters. The molecule has 104 valence electrons. The molecule has 7 heteroatoms. The summed E-state index contributed by atoms with van der Waals surface area (Å²) < 4.78 is 45.5. The van der Waals surface area contributed by atoms with Crippen LogP contribution in [0.1, 0.15) is 26.5 Å². The lowest BCUT2D eigenvalue weighted by molar-refractivity contribution is -0.286. The third kappa shape index (κ3) is 3.28. The van der Waals surface area contributed by atoms with Gasteiger partial charge in [0.15, 0.2) is 11.5 Å². The summed E-state index contributed by atoms with van der Waals surface area (Å²) >= 11 is 0. The number of pyridine rings is 1. The monoisotopic (exact) mass is 289 g/mol. The van der Waals surface area contributed by atoms with Gasteiger partial charge in [0.25, 0.3) is 0 Å². The lowest BCUT2D eigenvalue weighted by atomic mass is 10.3. The number of fused-ring (bicyclic) bond motifs is 1. The first kappa shape index (κ1) is 13.9. The van der Waals surface area contributed by atoms with Gasteiger partial charge in [0.2, 0.25) is 0 Å². The van der Waals surface area contributed by atoms with Gasteiger partial charge in [0.1, 0.15) is 0 Å². The van der Waals surface area contributed by atoms with Gasteiger partial charge in [-0.25, -0.2) is 0 Å². The Balaban J connectivity index is 2.17. The SMILES string of the molecule is CC(C)(C)S(=O)/C=C/c1cc2c(cn1)OC(F)(F)O2. The molecule has 1 aromatic rings. The number of rotatable bonds is 2. The number of nitrogens with zero attached hydrogens (tertiary/aromatic N) is 1. The standard InChI is InChI=1S/C12H13F2NO3S/c1-11(2,3)19(16)5-4-8-6-9-10(7-15-8)18-12(13,14)17-9/h4-7H,1-3H3/b5-4+. The van der Waals surface area contributed by atoms with E-state index in [4.69, 9.17) is 0 Å². The molecule has 1 aliphatic heterocycles. The van der Waals surface area contributed by atoms with Crippen LogP contribution in [0.2, 0.25) is 0 Å². The van der Waals surface area contributed by atoms with Gasteiger partial charge in [-0.2, -0.15) is 0 Å². The van der Waals surface area contributed by atoms with Crippen LogP contribution in [0.15, 0.2) is 17.7 Å². The molecule has 0 saturated carbocycles. The summed E-state index contributed by atoms with van der Waals surface area (Å²) in [5.74, 6) is -0.194. The number of aromatic nitrogens is 1. The smallest absolute Gasteiger partial charge is 0.395 e. The topological polar surface area (TPSA) is 48.4 Å². The summed E-state index contributed by atoms with van der Waals surface area (Å²) in [7, 11) is -1.19. The summed E-state index contributed by atoms with van der Waals surface area (Å²) in [5, 5.41) is 1.47. The van der Waals surface area contributed by atoms with Gasteiger partial charge in [0, 0.05) is 16.2 Å². The number of alkyl halides is 2. The molecule has 0 amide bonds. The van der Waals surface area contributed by atoms with Gasteiger partial charge >= 0.3 is 6.29 Å². The van der Waals surface area contributed by atoms with Crippen molar-refractivity contribution < 1.29 is 22.5 Å². The summed E-state index contributed by atoms with van der Waals surface area (Å²) in [6.07, 6.45) is -1.00. The Morgan fingerprint density at radius 2 is 1.95 bits per heavy atom. The molecule has 0 aromatic carbocycles. The Hall–Kier alpha value is -1.50. The zero-order valence-electron chi connectivity index (χ0n) is 10.6. The maximum Gasteiger partial charge on any atom is 0.586 e. The molecule has 2 rings (SSSR count). The van der Waals surface area contributed by atoms with Gasteiger partial charge in [-0.3, -0.25) is 9.19 Å². The van der Waals surface area contributed by atoms with Crippen LogP contribution >= 0.6 is 0 Å². The van der Waals surface area contributed by atoms with E-state index in [0.717, 1.165) is 6.20 Å². The minimum absolute atomic E-state index is 0.0822. The third-order valence-corrected chi connectivity index (χ3v) is 3.87. The zero-order chi connectivity index (χ0) is 14.3. The fourth-order valence-electron chi connectivity index (χ4n) is 1.30. The summed E-state index contributed by atoms with van der Waals surface area (Å²) in [6.45, 7) is 5.50. The molecule has 1 aromatic heterocycles. The Bertz CT molecular complexity index is 552. The van der Waals surface area contributed by atoms with Crippen molar-refractivity contribution in [2.24, 2.45) is 0 Å². The largest absolute Gasteiger partial charge is 0.586 e. The van der Waals surface area contributed by atoms with Gasteiger partial charge < -0.3 is 9.47 Å². The highest BCUT2D eigenvalue weighted by Gasteiger charge is 2.43. The van der Waals surface area contributed by atoms with E-state index in [1.54, 1.807) is 0 Å². The molecule has 0 bridgehead atoms. The predicted molar refractivity (Wildman–Crippen MR) is 67.4 cm³/mol. The van der Waals surface area contributed by atoms with Crippen LogP contribution in [0.5, 0.6) is 11.5 Å². The molecule has 1 atom stereocenters. The normalized spacial score (nSPS) is 18.8. The van der Waals surface area contributed by atoms with E-state index < -0.39 is 17.1 Å². The van der Waals surface area contributed by atoms with E-state index in [2.05, 4.69) is 14.5 Å². The fraction of sp³-hybridized carbons (Fsp3) is 0.417. The Morgan fingerprint density at radius 3 is 2.58 bits per heavy atom. The van der Waals surface area contributed by atoms with E-state index in [0.29, 0.717) is 5.69 Å². The zero-order valence-corrected chi connectivity index (χ0v) is 11.5. The van der Waals surface area contributed by atoms with E-state index in [1.165, 1.54) is 17.6 Å². The predicted octanol–water partition coefficient (Wildman–Crippen LogP) is 2.92. The van der Waals surface area contributed by atoms with Crippen molar-refractivity contribution in [3.8, 4) is 11.5 Å². The number of hydrogen-bond donors (Lipinski definition) is 0. The molecule has 19 heavy (non-hydrogen) atoms. The van der Waals surface area contributed by atoms with Crippen LogP contribution in [0, 0.1) is 0 Å². The van der Waals surface area contributed by atoms with Gasteiger partial charge in [-0.15, -0.1) is 8.78 Å². The Labute approximate surface area is 111 Å². The van der Waals surface area contributed by atoms with E-state index in [1.807, 2.05) is 20.8 Å². The average Bonchev–Trinajstić information content (AvgIpc) is 2.57. The molecular formula is C12H13F2NO3S. The number of hydrogen-bond acceptors (Lipinski definition) is 4. The van der Waals surface area contributed by atoms with Crippen molar-refractivity contribution in [3.63, 3.8) is 0 Å². The van der Waals surface area contributed by atoms with Crippen LogP contribution in [0.4, 0.5) is 8.78 Å². The molecule has 4 nitrogen and oxygen atoms in total. The van der Waals surface area contributed by atoms with Crippen LogP contribution in [-0.2, 0) is 10.8 Å². The van der Waals surface area contributed by atoms with E-state index in [-0.39, 0.29) is 16.2 Å². The first-order valence-electron chi connectivity index (χ1n) is 5.52. The highest BCUT2D eigenvalue weighted by atomic mass is 32.2. The van der Waals surface area contributed by atoms with Crippen molar-refractivity contribution in [1.29, 1.82) is 0 Å². The van der Waals surface area contributed by atoms with Crippen LogP contribution in [-0.4, -0.2) is 20.2 Å². The Morgan fingerprint density at radius 1 is 1.32 bits per heavy atom. The van der Waals surface area contributed by atoms with Gasteiger partial charge in [-0.1, -0.05) is 0 Å². The molecule has 0 radical (unpaired) electrons. The quantitative estimate of drug-likeness (QED) is 0.840. The second-order valence-corrected chi connectivity index (χ2v) is 7.03. The highest BCUT2D eigenvalue weighted by Crippen LogP contribution is 2.40. The minimum atomic E-state index is -3.65. The molecule has 2 heterocycles. The van der Waals surface area contributed by atoms with Crippen molar-refractivity contribution in [2.45, 2.75) is 31.8 Å². The molecule has 1 aliphatic rings. The first-order valence-corrected chi connectivity index (χ1v) is 6.73. The van der Waals surface area contributed by atoms with Gasteiger partial charge in [0.05, 0.1) is 22.7 Å². The van der Waals surface area contributed by atoms with E-state index in [9.17, 15) is 13.0 Å². The Kier molecular flexibility index (Phi) is 3.34. The van der Waals surface area contributed by atoms with Gasteiger partial charge in [-0.05, 0) is 26.8 Å². The molecule has 0 N–H and O–H groups in total. The fourth-order valence-corrected chi connectivity index (χ4v) is 1.97. The summed E-state index contributed by atoms with van der Waals surface area (Å²) in [6, 6.07) is 1.31. The second-order valence-electron chi connectivity index (χ2n) is 4.94. The maximum atomic E-state index is 12.8. The van der Waals surface area contributed by atoms with E-state index >= 15 is 0 Å². The minimum Gasteiger partial charge on any atom is -0.395 e. The number of halogens is 2. The number of ether oxygens (including phenoxy) is 2. The van der Waals surface area contributed by atoms with Crippen molar-refractivity contribution in [1.82, 2.24) is 4.98 Å². The van der Waals surface area contributed by atoms with Crippen LogP contribution < -0.4 is 9.47 Å². The first-order chi connectivity index (χ1) is 8.67. The summed E-state index contributed by atoms with van der Waals surface area (Å²) in [4.78, 5) is 3.91. The van der Waals surface area contributed by atoms with Crippen LogP contribution in [0.25, 0.3) is 6.08 Å². The maximum absolute atomic E-state index is 12.8. The third-order valence-electron chi connectivity index (χ3n) is 2.28. The summed E-state index contributed by atoms with van der Waals surface area (Å²) in [5.41, 5.74) is 0.373. The second kappa shape index (κ2) is 4.56. The highest BCUT2D eigenvalue weighted by molar-refractivity contribution is 7.89. The lowest BCUT2D eigenvalue weighted by Crippen LogP contribution is -2.25. The molecule has 0 saturated heterocycles. The molecule has 0 aliphatic carbocycles. The molecule has 0 spiro atoms. The van der Waals surface area contributed by atoms with Crippen LogP contribution in [0.3, 0.4) is 0 Å². The average molecular weight is 289 g/mol. The van der Waals surface area contributed by atoms with Crippen molar-refractivity contribution in [2.75, 3.05) is 0 Å².